The minimum absolute atomic E-state index is 0. The Bertz CT molecular complexity index is 1020. The van der Waals surface area contributed by atoms with Gasteiger partial charge in [0.25, 0.3) is 0 Å². The topological polar surface area (TPSA) is 59.0 Å². The number of hydrogen-bond donors (Lipinski definition) is 2. The van der Waals surface area contributed by atoms with Gasteiger partial charge in [0.1, 0.15) is 11.6 Å². The summed E-state index contributed by atoms with van der Waals surface area (Å²) in [7, 11) is 1.92. The number of nitrogens with zero attached hydrogens (tertiary/aromatic N) is 2. The number of carbonyl (C=O) groups excluding carboxylic acids is 1. The fraction of sp³-hybridized carbons (Fsp3) is 0.333. The number of anilines is 1. The minimum atomic E-state index is -0.293. The molecule has 0 radical (unpaired) electrons. The molecular weight excluding hydrogens is 414 g/mol. The molecule has 2 heterocycles. The molecule has 156 valence electrons. The predicted molar refractivity (Wildman–Crippen MR) is 120 cm³/mol. The maximum Gasteiger partial charge on any atom is 0.228 e. The average Bonchev–Trinajstić information content (AvgIpc) is 3.00. The molecule has 1 unspecified atom stereocenters. The van der Waals surface area contributed by atoms with Crippen LogP contribution in [0.4, 0.5) is 10.1 Å². The van der Waals surface area contributed by atoms with Crippen molar-refractivity contribution >= 4 is 47.4 Å². The largest absolute Gasteiger partial charge is 0.327 e. The average molecular weight is 439 g/mol. The van der Waals surface area contributed by atoms with E-state index in [0.29, 0.717) is 5.52 Å². The third-order valence-corrected chi connectivity index (χ3v) is 5.25. The summed E-state index contributed by atoms with van der Waals surface area (Å²) in [6.45, 7) is 3.69. The highest BCUT2D eigenvalue weighted by molar-refractivity contribution is 5.94. The number of nitrogens with one attached hydrogen (secondary N) is 2. The fourth-order valence-corrected chi connectivity index (χ4v) is 3.68. The molecule has 1 aromatic heterocycles. The molecule has 0 spiro atoms. The highest BCUT2D eigenvalue weighted by Gasteiger charge is 2.21. The Morgan fingerprint density at radius 1 is 1.24 bits per heavy atom. The number of piperidine rings is 1. The molecule has 1 fully saturated rings. The van der Waals surface area contributed by atoms with Crippen LogP contribution in [-0.2, 0) is 11.8 Å². The van der Waals surface area contributed by atoms with E-state index in [9.17, 15) is 9.18 Å². The molecule has 2 N–H and O–H groups in total. The van der Waals surface area contributed by atoms with Crippen molar-refractivity contribution in [3.05, 3.63) is 47.8 Å². The van der Waals surface area contributed by atoms with Gasteiger partial charge in [0, 0.05) is 30.9 Å². The summed E-state index contributed by atoms with van der Waals surface area (Å²) >= 11 is 0. The van der Waals surface area contributed by atoms with Gasteiger partial charge in [0.2, 0.25) is 5.91 Å². The number of rotatable bonds is 3. The highest BCUT2D eigenvalue weighted by atomic mass is 35.5. The second-order valence-electron chi connectivity index (χ2n) is 7.19. The summed E-state index contributed by atoms with van der Waals surface area (Å²) in [5, 5.41) is 6.32. The zero-order chi connectivity index (χ0) is 19.0. The molecule has 1 atom stereocenters. The second kappa shape index (κ2) is 9.57. The van der Waals surface area contributed by atoms with E-state index >= 15 is 0 Å². The Kier molecular flexibility index (Phi) is 7.63. The van der Waals surface area contributed by atoms with Gasteiger partial charge in [0.15, 0.2) is 0 Å². The third kappa shape index (κ3) is 4.71. The molecule has 1 aliphatic rings. The van der Waals surface area contributed by atoms with Crippen LogP contribution in [0.5, 0.6) is 0 Å². The van der Waals surface area contributed by atoms with E-state index < -0.39 is 0 Å². The van der Waals surface area contributed by atoms with Crippen LogP contribution >= 0.6 is 24.8 Å². The lowest BCUT2D eigenvalue weighted by molar-refractivity contribution is -0.120. The maximum atomic E-state index is 13.5. The SMILES string of the molecule is Cc1cc(-c2nc3cc(F)ccc3n2C)ccc1NC(=O)C1CCCNC1.Cl.Cl. The van der Waals surface area contributed by atoms with Crippen molar-refractivity contribution in [1.29, 1.82) is 0 Å². The van der Waals surface area contributed by atoms with Crippen LogP contribution in [0.15, 0.2) is 36.4 Å². The van der Waals surface area contributed by atoms with Crippen molar-refractivity contribution in [1.82, 2.24) is 14.9 Å². The van der Waals surface area contributed by atoms with E-state index in [0.717, 1.165) is 54.1 Å². The molecule has 2 aromatic carbocycles. The molecule has 8 heteroatoms. The number of amides is 1. The molecule has 1 aliphatic heterocycles. The van der Waals surface area contributed by atoms with Crippen LogP contribution in [0.2, 0.25) is 0 Å². The Hall–Kier alpha value is -2.15. The van der Waals surface area contributed by atoms with E-state index in [1.165, 1.54) is 12.1 Å². The van der Waals surface area contributed by atoms with Crippen LogP contribution in [0, 0.1) is 18.7 Å². The summed E-state index contributed by atoms with van der Waals surface area (Å²) in [6, 6.07) is 10.5. The molecule has 4 rings (SSSR count). The van der Waals surface area contributed by atoms with Gasteiger partial charge in [-0.05, 0) is 62.2 Å². The molecule has 1 amide bonds. The summed E-state index contributed by atoms with van der Waals surface area (Å²) in [4.78, 5) is 17.1. The molecule has 0 aliphatic carbocycles. The van der Waals surface area contributed by atoms with Crippen LogP contribution in [0.3, 0.4) is 0 Å². The number of aryl methyl sites for hydroxylation is 2. The van der Waals surface area contributed by atoms with Gasteiger partial charge in [-0.1, -0.05) is 0 Å². The van der Waals surface area contributed by atoms with E-state index in [4.69, 9.17) is 0 Å². The highest BCUT2D eigenvalue weighted by Crippen LogP contribution is 2.28. The number of fused-ring (bicyclic) bond motifs is 1. The lowest BCUT2D eigenvalue weighted by atomic mass is 9.98. The first kappa shape index (κ1) is 23.1. The van der Waals surface area contributed by atoms with Crippen LogP contribution in [-0.4, -0.2) is 28.5 Å². The normalized spacial score (nSPS) is 16.0. The van der Waals surface area contributed by atoms with Crippen molar-refractivity contribution in [2.75, 3.05) is 18.4 Å². The van der Waals surface area contributed by atoms with Gasteiger partial charge in [0.05, 0.1) is 17.0 Å². The van der Waals surface area contributed by atoms with E-state index in [1.54, 1.807) is 6.07 Å². The summed E-state index contributed by atoms with van der Waals surface area (Å²) in [5.74, 6) is 0.565. The van der Waals surface area contributed by atoms with Crippen molar-refractivity contribution in [2.24, 2.45) is 13.0 Å². The van der Waals surface area contributed by atoms with Crippen molar-refractivity contribution < 1.29 is 9.18 Å². The van der Waals surface area contributed by atoms with E-state index in [2.05, 4.69) is 15.6 Å². The number of benzene rings is 2. The van der Waals surface area contributed by atoms with Gasteiger partial charge in [-0.2, -0.15) is 0 Å². The molecule has 29 heavy (non-hydrogen) atoms. The predicted octanol–water partition coefficient (Wildman–Crippen LogP) is 4.47. The molecule has 3 aromatic rings. The molecule has 1 saturated heterocycles. The Morgan fingerprint density at radius 2 is 2.03 bits per heavy atom. The lowest BCUT2D eigenvalue weighted by Gasteiger charge is -2.22. The quantitative estimate of drug-likeness (QED) is 0.633. The zero-order valence-electron chi connectivity index (χ0n) is 16.4. The van der Waals surface area contributed by atoms with Gasteiger partial charge < -0.3 is 15.2 Å². The Labute approximate surface area is 181 Å². The summed E-state index contributed by atoms with van der Waals surface area (Å²) < 4.78 is 15.4. The number of halogens is 3. The first-order valence-electron chi connectivity index (χ1n) is 9.27. The molecule has 0 saturated carbocycles. The fourth-order valence-electron chi connectivity index (χ4n) is 3.68. The Morgan fingerprint density at radius 3 is 2.72 bits per heavy atom. The number of hydrogen-bond acceptors (Lipinski definition) is 3. The van der Waals surface area contributed by atoms with E-state index in [-0.39, 0.29) is 42.5 Å². The summed E-state index contributed by atoms with van der Waals surface area (Å²) in [5.41, 5.74) is 4.24. The van der Waals surface area contributed by atoms with Crippen molar-refractivity contribution in [3.63, 3.8) is 0 Å². The summed E-state index contributed by atoms with van der Waals surface area (Å²) in [6.07, 6.45) is 1.95. The smallest absolute Gasteiger partial charge is 0.228 e. The first-order chi connectivity index (χ1) is 13.0. The molecular formula is C21H25Cl2FN4O. The third-order valence-electron chi connectivity index (χ3n) is 5.25. The zero-order valence-corrected chi connectivity index (χ0v) is 18.0. The van der Waals surface area contributed by atoms with E-state index in [1.807, 2.05) is 36.7 Å². The van der Waals surface area contributed by atoms with Gasteiger partial charge >= 0.3 is 0 Å². The molecule has 0 bridgehead atoms. The number of aromatic nitrogens is 2. The van der Waals surface area contributed by atoms with Crippen molar-refractivity contribution in [2.45, 2.75) is 19.8 Å². The maximum absolute atomic E-state index is 13.5. The second-order valence-corrected chi connectivity index (χ2v) is 7.19. The Balaban J connectivity index is 0.00000150. The van der Waals surface area contributed by atoms with Crippen LogP contribution < -0.4 is 10.6 Å². The number of imidazole rings is 1. The van der Waals surface area contributed by atoms with Crippen molar-refractivity contribution in [3.8, 4) is 11.4 Å². The van der Waals surface area contributed by atoms with Gasteiger partial charge in [-0.15, -0.1) is 24.8 Å². The first-order valence-corrected chi connectivity index (χ1v) is 9.27. The monoisotopic (exact) mass is 438 g/mol. The number of carbonyl (C=O) groups is 1. The van der Waals surface area contributed by atoms with Gasteiger partial charge in [-0.3, -0.25) is 4.79 Å². The van der Waals surface area contributed by atoms with Gasteiger partial charge in [-0.25, -0.2) is 9.37 Å². The standard InChI is InChI=1S/C21H23FN4O.2ClH/c1-13-10-14(20-24-18-11-16(22)6-8-19(18)26(20)2)5-7-17(13)25-21(27)15-4-3-9-23-12-15;;/h5-8,10-11,15,23H,3-4,9,12H2,1-2H3,(H,25,27);2*1H. The minimum Gasteiger partial charge on any atom is -0.327 e. The lowest BCUT2D eigenvalue weighted by Crippen LogP contribution is -2.37. The van der Waals surface area contributed by atoms with Crippen LogP contribution in [0.25, 0.3) is 22.4 Å². The van der Waals surface area contributed by atoms with Crippen LogP contribution in [0.1, 0.15) is 18.4 Å². The molecule has 5 nitrogen and oxygen atoms in total.